The Morgan fingerprint density at radius 3 is 2.43 bits per heavy atom. The largest absolute Gasteiger partial charge is 0.348 e. The molecule has 3 aromatic rings. The second-order valence-corrected chi connectivity index (χ2v) is 11.8. The van der Waals surface area contributed by atoms with E-state index in [0.29, 0.717) is 5.41 Å². The first-order valence-corrected chi connectivity index (χ1v) is 14.3. The van der Waals surface area contributed by atoms with Crippen LogP contribution in [-0.2, 0) is 26.2 Å². The summed E-state index contributed by atoms with van der Waals surface area (Å²) in [5, 5.41) is 0. The second kappa shape index (κ2) is 12.4. The molecule has 37 heavy (non-hydrogen) atoms. The SMILES string of the molecule is CC(C)CN1CCC2(CC1)CCN(CCCn1ccnc1CN(Cc1ccccc1)Cc1ncc[nH]1)C2. The Labute approximate surface area is 222 Å². The zero-order valence-electron chi connectivity index (χ0n) is 22.9. The molecular weight excluding hydrogens is 458 g/mol. The average molecular weight is 504 g/mol. The lowest BCUT2D eigenvalue weighted by Crippen LogP contribution is -2.42. The molecule has 5 rings (SSSR count). The summed E-state index contributed by atoms with van der Waals surface area (Å²) in [5.74, 6) is 2.91. The van der Waals surface area contributed by atoms with E-state index in [1.807, 2.05) is 18.6 Å². The van der Waals surface area contributed by atoms with Gasteiger partial charge in [0, 0.05) is 51.0 Å². The van der Waals surface area contributed by atoms with Crippen molar-refractivity contribution >= 4 is 0 Å². The molecule has 2 fully saturated rings. The summed E-state index contributed by atoms with van der Waals surface area (Å²) in [5.41, 5.74) is 1.89. The van der Waals surface area contributed by atoms with Gasteiger partial charge in [-0.3, -0.25) is 4.90 Å². The van der Waals surface area contributed by atoms with Crippen molar-refractivity contribution in [1.29, 1.82) is 0 Å². The fraction of sp³-hybridized carbons (Fsp3) is 0.600. The van der Waals surface area contributed by atoms with E-state index in [-0.39, 0.29) is 0 Å². The second-order valence-electron chi connectivity index (χ2n) is 11.8. The standard InChI is InChI=1S/C30H45N7/c1-26(2)21-34-17-9-30(10-18-34)11-19-35(25-30)15-6-16-37-20-14-33-29(37)24-36(23-28-31-12-13-32-28)22-27-7-4-3-5-8-27/h3-5,7-8,12-14,20,26H,6,9-11,15-19,21-25H2,1-2H3,(H,31,32). The van der Waals surface area contributed by atoms with Gasteiger partial charge >= 0.3 is 0 Å². The van der Waals surface area contributed by atoms with Crippen LogP contribution in [0.4, 0.5) is 0 Å². The van der Waals surface area contributed by atoms with Crippen LogP contribution in [0, 0.1) is 11.3 Å². The van der Waals surface area contributed by atoms with Gasteiger partial charge in [-0.25, -0.2) is 9.97 Å². The molecule has 200 valence electrons. The number of hydrogen-bond donors (Lipinski definition) is 1. The number of nitrogens with zero attached hydrogens (tertiary/aromatic N) is 6. The maximum Gasteiger partial charge on any atom is 0.122 e. The number of likely N-dealkylation sites (tertiary alicyclic amines) is 2. The molecule has 4 heterocycles. The summed E-state index contributed by atoms with van der Waals surface area (Å²) < 4.78 is 2.36. The first-order valence-electron chi connectivity index (χ1n) is 14.3. The summed E-state index contributed by atoms with van der Waals surface area (Å²) in [6, 6.07) is 10.7. The van der Waals surface area contributed by atoms with Gasteiger partial charge in [-0.05, 0) is 68.8 Å². The molecule has 0 amide bonds. The number of hydrogen-bond acceptors (Lipinski definition) is 5. The minimum Gasteiger partial charge on any atom is -0.348 e. The van der Waals surface area contributed by atoms with Crippen molar-refractivity contribution in [3.05, 3.63) is 72.3 Å². The quantitative estimate of drug-likeness (QED) is 0.390. The molecule has 0 saturated carbocycles. The van der Waals surface area contributed by atoms with E-state index in [2.05, 4.69) is 79.6 Å². The molecule has 0 unspecified atom stereocenters. The van der Waals surface area contributed by atoms with E-state index >= 15 is 0 Å². The van der Waals surface area contributed by atoms with Crippen molar-refractivity contribution in [1.82, 2.24) is 34.2 Å². The van der Waals surface area contributed by atoms with Gasteiger partial charge in [0.1, 0.15) is 11.6 Å². The van der Waals surface area contributed by atoms with Crippen LogP contribution in [0.5, 0.6) is 0 Å². The van der Waals surface area contributed by atoms with Crippen molar-refractivity contribution < 1.29 is 0 Å². The summed E-state index contributed by atoms with van der Waals surface area (Å²) in [7, 11) is 0. The molecule has 2 aliphatic heterocycles. The lowest BCUT2D eigenvalue weighted by atomic mass is 9.77. The predicted molar refractivity (Wildman–Crippen MR) is 149 cm³/mol. The van der Waals surface area contributed by atoms with Crippen LogP contribution in [-0.4, -0.2) is 73.5 Å². The Morgan fingerprint density at radius 1 is 0.919 bits per heavy atom. The van der Waals surface area contributed by atoms with Crippen LogP contribution < -0.4 is 0 Å². The Balaban J connectivity index is 1.11. The number of imidazole rings is 2. The monoisotopic (exact) mass is 503 g/mol. The summed E-state index contributed by atoms with van der Waals surface area (Å²) in [6.07, 6.45) is 13.2. The third-order valence-electron chi connectivity index (χ3n) is 8.27. The van der Waals surface area contributed by atoms with E-state index in [9.17, 15) is 0 Å². The number of H-pyrrole nitrogens is 1. The number of piperidine rings is 1. The van der Waals surface area contributed by atoms with E-state index in [4.69, 9.17) is 4.98 Å². The molecule has 1 aromatic carbocycles. The Morgan fingerprint density at radius 2 is 1.70 bits per heavy atom. The van der Waals surface area contributed by atoms with Crippen LogP contribution in [0.3, 0.4) is 0 Å². The molecule has 7 nitrogen and oxygen atoms in total. The highest BCUT2D eigenvalue weighted by atomic mass is 15.2. The third-order valence-corrected chi connectivity index (χ3v) is 8.27. The maximum atomic E-state index is 4.75. The lowest BCUT2D eigenvalue weighted by Gasteiger charge is -2.40. The van der Waals surface area contributed by atoms with Gasteiger partial charge in [-0.1, -0.05) is 44.2 Å². The van der Waals surface area contributed by atoms with E-state index in [1.54, 1.807) is 0 Å². The van der Waals surface area contributed by atoms with E-state index < -0.39 is 0 Å². The number of rotatable bonds is 12. The molecule has 0 bridgehead atoms. The topological polar surface area (TPSA) is 56.2 Å². The first-order chi connectivity index (χ1) is 18.1. The van der Waals surface area contributed by atoms with Crippen LogP contribution in [0.1, 0.15) is 56.7 Å². The number of nitrogens with one attached hydrogen (secondary N) is 1. The molecule has 0 radical (unpaired) electrons. The summed E-state index contributed by atoms with van der Waals surface area (Å²) in [6.45, 7) is 15.8. The average Bonchev–Trinajstić information content (AvgIpc) is 3.64. The van der Waals surface area contributed by atoms with Crippen molar-refractivity contribution in [2.75, 3.05) is 39.3 Å². The molecular formula is C30H45N7. The van der Waals surface area contributed by atoms with Crippen LogP contribution in [0.2, 0.25) is 0 Å². The summed E-state index contributed by atoms with van der Waals surface area (Å²) in [4.78, 5) is 20.3. The maximum absolute atomic E-state index is 4.75. The minimum atomic E-state index is 0.581. The van der Waals surface area contributed by atoms with Gasteiger partial charge in [-0.2, -0.15) is 0 Å². The normalized spacial score (nSPS) is 18.5. The summed E-state index contributed by atoms with van der Waals surface area (Å²) >= 11 is 0. The number of benzene rings is 1. The molecule has 2 saturated heterocycles. The zero-order valence-corrected chi connectivity index (χ0v) is 22.9. The Bertz CT molecular complexity index is 1050. The third kappa shape index (κ3) is 7.30. The van der Waals surface area contributed by atoms with E-state index in [1.165, 1.54) is 70.5 Å². The van der Waals surface area contributed by atoms with Crippen molar-refractivity contribution in [3.63, 3.8) is 0 Å². The van der Waals surface area contributed by atoms with Gasteiger partial charge in [-0.15, -0.1) is 0 Å². The zero-order chi connectivity index (χ0) is 25.5. The molecule has 0 atom stereocenters. The Hall–Kier alpha value is -2.48. The first kappa shape index (κ1) is 26.1. The van der Waals surface area contributed by atoms with Crippen molar-refractivity contribution in [3.8, 4) is 0 Å². The van der Waals surface area contributed by atoms with E-state index in [0.717, 1.165) is 43.7 Å². The van der Waals surface area contributed by atoms with Crippen LogP contribution >= 0.6 is 0 Å². The van der Waals surface area contributed by atoms with Gasteiger partial charge < -0.3 is 19.4 Å². The number of aromatic amines is 1. The highest BCUT2D eigenvalue weighted by Crippen LogP contribution is 2.40. The number of aromatic nitrogens is 4. The fourth-order valence-corrected chi connectivity index (χ4v) is 6.32. The molecule has 1 spiro atoms. The predicted octanol–water partition coefficient (Wildman–Crippen LogP) is 4.64. The van der Waals surface area contributed by atoms with Crippen molar-refractivity contribution in [2.45, 2.75) is 65.7 Å². The highest BCUT2D eigenvalue weighted by molar-refractivity contribution is 5.14. The van der Waals surface area contributed by atoms with Crippen LogP contribution in [0.15, 0.2) is 55.1 Å². The smallest absolute Gasteiger partial charge is 0.122 e. The lowest BCUT2D eigenvalue weighted by molar-refractivity contribution is 0.0989. The van der Waals surface area contributed by atoms with Crippen molar-refractivity contribution in [2.24, 2.45) is 11.3 Å². The Kier molecular flexibility index (Phi) is 8.74. The van der Waals surface area contributed by atoms with Crippen LogP contribution in [0.25, 0.3) is 0 Å². The number of aryl methyl sites for hydroxylation is 1. The van der Waals surface area contributed by atoms with Gasteiger partial charge in [0.15, 0.2) is 0 Å². The molecule has 2 aliphatic rings. The minimum absolute atomic E-state index is 0.581. The van der Waals surface area contributed by atoms with Gasteiger partial charge in [0.2, 0.25) is 0 Å². The fourth-order valence-electron chi connectivity index (χ4n) is 6.32. The molecule has 7 heteroatoms. The molecule has 1 N–H and O–H groups in total. The molecule has 0 aliphatic carbocycles. The van der Waals surface area contributed by atoms with Gasteiger partial charge in [0.05, 0.1) is 13.1 Å². The molecule has 2 aromatic heterocycles. The van der Waals surface area contributed by atoms with Gasteiger partial charge in [0.25, 0.3) is 0 Å². The highest BCUT2D eigenvalue weighted by Gasteiger charge is 2.40.